The first-order chi connectivity index (χ1) is 15.0. The number of aryl methyl sites for hydroxylation is 1. The number of carbonyl (C=O) groups is 1. The van der Waals surface area contributed by atoms with Crippen molar-refractivity contribution in [3.8, 4) is 0 Å². The summed E-state index contributed by atoms with van der Waals surface area (Å²) in [5.74, 6) is -1.74. The lowest BCUT2D eigenvalue weighted by Gasteiger charge is -2.23. The Balaban J connectivity index is 1.73. The third-order valence-corrected chi connectivity index (χ3v) is 7.00. The van der Waals surface area contributed by atoms with Crippen LogP contribution in [0.5, 0.6) is 0 Å². The van der Waals surface area contributed by atoms with Crippen LogP contribution in [-0.4, -0.2) is 20.6 Å². The highest BCUT2D eigenvalue weighted by Crippen LogP contribution is 2.54. The molecule has 0 heterocycles. The zero-order chi connectivity index (χ0) is 24.9. The van der Waals surface area contributed by atoms with E-state index in [1.165, 1.54) is 12.1 Å². The number of anilines is 1. The molecule has 2 aromatic rings. The van der Waals surface area contributed by atoms with E-state index in [1.54, 1.807) is 39.8 Å². The normalized spacial score (nSPS) is 21.4. The van der Waals surface area contributed by atoms with Gasteiger partial charge in [0, 0.05) is 16.9 Å². The average molecular weight is 479 g/mol. The van der Waals surface area contributed by atoms with Gasteiger partial charge in [-0.15, -0.1) is 0 Å². The van der Waals surface area contributed by atoms with E-state index in [1.807, 2.05) is 19.9 Å². The largest absolute Gasteiger partial charge is 0.349 e. The van der Waals surface area contributed by atoms with E-state index in [2.05, 4.69) is 10.0 Å². The Morgan fingerprint density at radius 1 is 1.15 bits per heavy atom. The van der Waals surface area contributed by atoms with Crippen molar-refractivity contribution < 1.29 is 22.0 Å². The molecule has 0 spiro atoms. The highest BCUT2D eigenvalue weighted by Gasteiger charge is 2.56. The Labute approximate surface area is 195 Å². The van der Waals surface area contributed by atoms with Gasteiger partial charge in [0.25, 0.3) is 0 Å². The van der Waals surface area contributed by atoms with E-state index in [-0.39, 0.29) is 23.4 Å². The van der Waals surface area contributed by atoms with Crippen LogP contribution in [0, 0.1) is 24.5 Å². The summed E-state index contributed by atoms with van der Waals surface area (Å²) in [6.45, 7) is 10.8. The van der Waals surface area contributed by atoms with Crippen LogP contribution in [0.25, 0.3) is 0 Å². The SMILES string of the molecule is Cc1cc(C(C)NC(=O)[C@@H]2CC2(C)c2cc(F)c(C(C)(C)C)c(F)c2)ccc1NS(C)(=O)=O. The van der Waals surface area contributed by atoms with Crippen LogP contribution in [-0.2, 0) is 25.6 Å². The van der Waals surface area contributed by atoms with Crippen LogP contribution < -0.4 is 10.0 Å². The summed E-state index contributed by atoms with van der Waals surface area (Å²) in [5.41, 5.74) is 1.31. The molecule has 2 unspecified atom stereocenters. The molecule has 1 fully saturated rings. The lowest BCUT2D eigenvalue weighted by atomic mass is 9.83. The Hall–Kier alpha value is -2.48. The number of benzene rings is 2. The molecule has 1 aliphatic carbocycles. The number of nitrogens with one attached hydrogen (secondary N) is 2. The molecule has 0 radical (unpaired) electrons. The number of hydrogen-bond donors (Lipinski definition) is 2. The number of amides is 1. The number of sulfonamides is 1. The first kappa shape index (κ1) is 25.1. The van der Waals surface area contributed by atoms with Crippen LogP contribution in [0.15, 0.2) is 30.3 Å². The summed E-state index contributed by atoms with van der Waals surface area (Å²) in [6, 6.07) is 7.64. The molecule has 33 heavy (non-hydrogen) atoms. The molecular weight excluding hydrogens is 446 g/mol. The Kier molecular flexibility index (Phi) is 6.39. The van der Waals surface area contributed by atoms with E-state index in [4.69, 9.17) is 0 Å². The smallest absolute Gasteiger partial charge is 0.229 e. The number of hydrogen-bond acceptors (Lipinski definition) is 3. The molecule has 0 bridgehead atoms. The van der Waals surface area contributed by atoms with Crippen LogP contribution in [0.3, 0.4) is 0 Å². The van der Waals surface area contributed by atoms with Gasteiger partial charge in [-0.2, -0.15) is 0 Å². The molecule has 2 N–H and O–H groups in total. The topological polar surface area (TPSA) is 75.3 Å². The maximum absolute atomic E-state index is 14.7. The van der Waals surface area contributed by atoms with Crippen LogP contribution in [0.2, 0.25) is 0 Å². The van der Waals surface area contributed by atoms with Crippen molar-refractivity contribution >= 4 is 21.6 Å². The third-order valence-electron chi connectivity index (χ3n) is 6.41. The molecule has 1 aliphatic rings. The number of carbonyl (C=O) groups excluding carboxylic acids is 1. The fourth-order valence-electron chi connectivity index (χ4n) is 4.35. The molecule has 180 valence electrons. The van der Waals surface area contributed by atoms with Crippen LogP contribution >= 0.6 is 0 Å². The van der Waals surface area contributed by atoms with Gasteiger partial charge >= 0.3 is 0 Å². The van der Waals surface area contributed by atoms with Crippen molar-refractivity contribution in [3.63, 3.8) is 0 Å². The fraction of sp³-hybridized carbons (Fsp3) is 0.480. The highest BCUT2D eigenvalue weighted by atomic mass is 32.2. The second kappa shape index (κ2) is 8.38. The first-order valence-electron chi connectivity index (χ1n) is 10.9. The van der Waals surface area contributed by atoms with Crippen LogP contribution in [0.4, 0.5) is 14.5 Å². The van der Waals surface area contributed by atoms with Crippen molar-refractivity contribution in [1.82, 2.24) is 5.32 Å². The second-order valence-electron chi connectivity index (χ2n) is 10.4. The minimum absolute atomic E-state index is 0.0503. The zero-order valence-corrected chi connectivity index (χ0v) is 21.0. The molecule has 0 saturated heterocycles. The number of rotatable bonds is 6. The van der Waals surface area contributed by atoms with Crippen molar-refractivity contribution in [2.75, 3.05) is 11.0 Å². The second-order valence-corrected chi connectivity index (χ2v) is 12.2. The summed E-state index contributed by atoms with van der Waals surface area (Å²) in [6.07, 6.45) is 1.60. The molecule has 1 amide bonds. The van der Waals surface area contributed by atoms with Gasteiger partial charge in [0.15, 0.2) is 0 Å². The summed E-state index contributed by atoms with van der Waals surface area (Å²) < 4.78 is 54.8. The van der Waals surface area contributed by atoms with Crippen molar-refractivity contribution in [1.29, 1.82) is 0 Å². The van der Waals surface area contributed by atoms with E-state index in [0.29, 0.717) is 17.7 Å². The van der Waals surface area contributed by atoms with Crippen LogP contribution in [0.1, 0.15) is 69.3 Å². The minimum atomic E-state index is -3.38. The minimum Gasteiger partial charge on any atom is -0.349 e. The van der Waals surface area contributed by atoms with E-state index < -0.39 is 32.5 Å². The number of halogens is 2. The standard InChI is InChI=1S/C25H32F2N2O3S/c1-14-10-16(8-9-21(14)29-33(7,31)32)15(2)28-23(30)18-13-25(18,6)17-11-19(26)22(20(27)12-17)24(3,4)5/h8-12,15,18,29H,13H2,1-7H3,(H,28,30)/t15?,18-,25?/m0/s1. The van der Waals surface area contributed by atoms with Gasteiger partial charge in [-0.3, -0.25) is 9.52 Å². The predicted molar refractivity (Wildman–Crippen MR) is 127 cm³/mol. The monoisotopic (exact) mass is 478 g/mol. The fourth-order valence-corrected chi connectivity index (χ4v) is 4.98. The molecule has 8 heteroatoms. The molecule has 0 aromatic heterocycles. The van der Waals surface area contributed by atoms with E-state index in [0.717, 1.165) is 17.4 Å². The van der Waals surface area contributed by atoms with Gasteiger partial charge in [-0.1, -0.05) is 39.8 Å². The maximum atomic E-state index is 14.7. The summed E-state index contributed by atoms with van der Waals surface area (Å²) in [4.78, 5) is 12.9. The maximum Gasteiger partial charge on any atom is 0.229 e. The van der Waals surface area contributed by atoms with E-state index >= 15 is 0 Å². The molecule has 2 aromatic carbocycles. The Morgan fingerprint density at radius 3 is 2.21 bits per heavy atom. The zero-order valence-electron chi connectivity index (χ0n) is 20.1. The molecule has 1 saturated carbocycles. The summed E-state index contributed by atoms with van der Waals surface area (Å²) in [5, 5.41) is 2.98. The van der Waals surface area contributed by atoms with Gasteiger partial charge in [-0.05, 0) is 60.6 Å². The van der Waals surface area contributed by atoms with Gasteiger partial charge in [0.2, 0.25) is 15.9 Å². The quantitative estimate of drug-likeness (QED) is 0.607. The molecular formula is C25H32F2N2O3S. The average Bonchev–Trinajstić information content (AvgIpc) is 3.34. The molecule has 3 atom stereocenters. The highest BCUT2D eigenvalue weighted by molar-refractivity contribution is 7.92. The van der Waals surface area contributed by atoms with E-state index in [9.17, 15) is 22.0 Å². The Morgan fingerprint density at radius 2 is 1.73 bits per heavy atom. The summed E-state index contributed by atoms with van der Waals surface area (Å²) in [7, 11) is -3.38. The van der Waals surface area contributed by atoms with Gasteiger partial charge in [0.05, 0.1) is 18.0 Å². The third kappa shape index (κ3) is 5.37. The predicted octanol–water partition coefficient (Wildman–Crippen LogP) is 5.10. The van der Waals surface area contributed by atoms with Gasteiger partial charge in [0.1, 0.15) is 11.6 Å². The van der Waals surface area contributed by atoms with Crippen molar-refractivity contribution in [2.45, 2.75) is 64.8 Å². The molecule has 3 rings (SSSR count). The molecule has 5 nitrogen and oxygen atoms in total. The van der Waals surface area contributed by atoms with Crippen molar-refractivity contribution in [2.24, 2.45) is 5.92 Å². The van der Waals surface area contributed by atoms with Gasteiger partial charge in [-0.25, -0.2) is 17.2 Å². The van der Waals surface area contributed by atoms with Gasteiger partial charge < -0.3 is 5.32 Å². The lowest BCUT2D eigenvalue weighted by molar-refractivity contribution is -0.123. The summed E-state index contributed by atoms with van der Waals surface area (Å²) >= 11 is 0. The van der Waals surface area contributed by atoms with Crippen molar-refractivity contribution in [3.05, 3.63) is 64.2 Å². The lowest BCUT2D eigenvalue weighted by Crippen LogP contribution is -2.30. The Bertz CT molecular complexity index is 1180. The first-order valence-corrected chi connectivity index (χ1v) is 12.8. The molecule has 0 aliphatic heterocycles.